The second-order valence-electron chi connectivity index (χ2n) is 5.53. The van der Waals surface area contributed by atoms with E-state index in [0.717, 1.165) is 0 Å². The highest BCUT2D eigenvalue weighted by Crippen LogP contribution is 2.29. The monoisotopic (exact) mass is 324 g/mol. The zero-order valence-corrected chi connectivity index (χ0v) is 13.5. The van der Waals surface area contributed by atoms with Gasteiger partial charge < -0.3 is 4.23 Å². The van der Waals surface area contributed by atoms with E-state index in [2.05, 4.69) is 0 Å². The van der Waals surface area contributed by atoms with E-state index in [1.54, 1.807) is 7.05 Å². The van der Waals surface area contributed by atoms with Crippen LogP contribution >= 0.6 is 0 Å². The van der Waals surface area contributed by atoms with Crippen molar-refractivity contribution >= 4 is 17.2 Å². The third-order valence-electron chi connectivity index (χ3n) is 2.87. The first-order valence-corrected chi connectivity index (χ1v) is 11.3. The van der Waals surface area contributed by atoms with Gasteiger partial charge in [-0.15, -0.1) is 0 Å². The molecule has 1 nitrogen and oxygen atoms in total. The van der Waals surface area contributed by atoms with E-state index >= 15 is 0 Å². The van der Waals surface area contributed by atoms with Crippen LogP contribution in [0.25, 0.3) is 0 Å². The maximum Gasteiger partial charge on any atom is 0.388 e. The molecule has 0 atom stereocenters. The molecule has 0 spiro atoms. The Hall–Kier alpha value is -0.0262. The van der Waals surface area contributed by atoms with Crippen molar-refractivity contribution in [1.29, 1.82) is 0 Å². The fourth-order valence-corrected chi connectivity index (χ4v) is 8.04. The molecule has 0 aliphatic heterocycles. The summed E-state index contributed by atoms with van der Waals surface area (Å²) >= 11 is 0. The number of halogens is 6. The van der Waals surface area contributed by atoms with Crippen molar-refractivity contribution in [2.24, 2.45) is 0 Å². The van der Waals surface area contributed by atoms with Crippen molar-refractivity contribution in [2.75, 3.05) is 7.05 Å². The van der Waals surface area contributed by atoms with E-state index < -0.39 is 42.4 Å². The highest BCUT2D eigenvalue weighted by molar-refractivity contribution is 6.83. The normalized spacial score (nSPS) is 14.5. The summed E-state index contributed by atoms with van der Waals surface area (Å²) in [5.74, 6) is 0. The predicted octanol–water partition coefficient (Wildman–Crippen LogP) is 4.65. The van der Waals surface area contributed by atoms with Crippen LogP contribution in [-0.4, -0.2) is 40.8 Å². The number of hydrogen-bond acceptors (Lipinski definition) is 1. The van der Waals surface area contributed by atoms with Crippen molar-refractivity contribution in [3.8, 4) is 0 Å². The summed E-state index contributed by atoms with van der Waals surface area (Å²) in [4.78, 5) is 0. The van der Waals surface area contributed by atoms with E-state index in [9.17, 15) is 26.3 Å². The molecule has 0 N–H and O–H groups in total. The van der Waals surface area contributed by atoms with Gasteiger partial charge in [-0.05, 0) is 19.1 Å². The van der Waals surface area contributed by atoms with E-state index in [1.165, 1.54) is 0 Å². The molecule has 0 amide bonds. The Labute approximate surface area is 112 Å². The molecule has 0 rings (SSSR count). The van der Waals surface area contributed by atoms with E-state index in [1.807, 2.05) is 23.9 Å². The molecule has 19 heavy (non-hydrogen) atoms. The predicted molar refractivity (Wildman–Crippen MR) is 67.8 cm³/mol. The molecule has 9 heteroatoms. The molecular weight excluding hydrogens is 304 g/mol. The number of rotatable bonds is 6. The minimum Gasteiger partial charge on any atom is -0.349 e. The Bertz CT molecular complexity index is 253. The Morgan fingerprint density at radius 1 is 0.842 bits per heavy atom. The van der Waals surface area contributed by atoms with E-state index in [0.29, 0.717) is 0 Å². The highest BCUT2D eigenvalue weighted by atomic mass is 28.4. The summed E-state index contributed by atoms with van der Waals surface area (Å²) in [5, 5.41) is 0. The van der Waals surface area contributed by atoms with Crippen molar-refractivity contribution in [3.05, 3.63) is 0 Å². The fraction of sp³-hybridized carbons (Fsp3) is 1.00. The van der Waals surface area contributed by atoms with Gasteiger partial charge in [0.15, 0.2) is 0 Å². The summed E-state index contributed by atoms with van der Waals surface area (Å²) in [6.45, 7) is 5.79. The van der Waals surface area contributed by atoms with Gasteiger partial charge in [-0.25, -0.2) is 0 Å². The maximum atomic E-state index is 12.2. The number of nitrogens with zero attached hydrogens (tertiary/aromatic N) is 1. The zero-order valence-electron chi connectivity index (χ0n) is 11.5. The van der Waals surface area contributed by atoms with Crippen molar-refractivity contribution in [3.63, 3.8) is 0 Å². The number of hydrogen-bond donors (Lipinski definition) is 0. The molecule has 0 bridgehead atoms. The molecule has 0 heterocycles. The molecule has 0 saturated carbocycles. The molecule has 0 saturated heterocycles. The molecule has 0 unspecified atom stereocenters. The molecular formula is C10H20F6NSi2. The maximum absolute atomic E-state index is 12.2. The van der Waals surface area contributed by atoms with Gasteiger partial charge in [0, 0.05) is 12.8 Å². The lowest BCUT2D eigenvalue weighted by molar-refractivity contribution is -0.131. The van der Waals surface area contributed by atoms with Crippen LogP contribution in [0.3, 0.4) is 0 Å². The summed E-state index contributed by atoms with van der Waals surface area (Å²) in [5.41, 5.74) is 0. The standard InChI is InChI=1S/C10H20F6NSi2/c1-17(19(2,3)4)18(7-5-9(11,12)13)8-6-10(14,15)16/h5-8H2,1-4H3. The van der Waals surface area contributed by atoms with Gasteiger partial charge in [-0.1, -0.05) is 19.6 Å². The first-order valence-electron chi connectivity index (χ1n) is 5.94. The van der Waals surface area contributed by atoms with Crippen LogP contribution in [0.15, 0.2) is 0 Å². The molecule has 0 aliphatic rings. The highest BCUT2D eigenvalue weighted by Gasteiger charge is 2.36. The Morgan fingerprint density at radius 2 is 1.16 bits per heavy atom. The van der Waals surface area contributed by atoms with Gasteiger partial charge in [0.25, 0.3) is 0 Å². The van der Waals surface area contributed by atoms with E-state index in [-0.39, 0.29) is 12.1 Å². The lowest BCUT2D eigenvalue weighted by atomic mass is 10.5. The van der Waals surface area contributed by atoms with Crippen LogP contribution < -0.4 is 0 Å². The minimum absolute atomic E-state index is 0.176. The molecule has 0 aliphatic carbocycles. The summed E-state index contributed by atoms with van der Waals surface area (Å²) < 4.78 is 75.3. The number of alkyl halides is 6. The Kier molecular flexibility index (Phi) is 6.61. The van der Waals surface area contributed by atoms with Gasteiger partial charge in [-0.2, -0.15) is 26.3 Å². The summed E-state index contributed by atoms with van der Waals surface area (Å²) in [7, 11) is -1.99. The van der Waals surface area contributed by atoms with E-state index in [4.69, 9.17) is 0 Å². The first kappa shape index (κ1) is 19.0. The molecule has 115 valence electrons. The van der Waals surface area contributed by atoms with Crippen LogP contribution in [-0.2, 0) is 0 Å². The van der Waals surface area contributed by atoms with Gasteiger partial charge in [0.1, 0.15) is 17.2 Å². The second kappa shape index (κ2) is 6.62. The van der Waals surface area contributed by atoms with Crippen LogP contribution in [0.1, 0.15) is 12.8 Å². The Morgan fingerprint density at radius 3 is 1.37 bits per heavy atom. The first-order chi connectivity index (χ1) is 8.22. The zero-order chi connectivity index (χ0) is 15.5. The van der Waals surface area contributed by atoms with Crippen LogP contribution in [0.4, 0.5) is 26.3 Å². The van der Waals surface area contributed by atoms with Crippen molar-refractivity contribution < 1.29 is 26.3 Å². The molecule has 0 aromatic rings. The van der Waals surface area contributed by atoms with Crippen molar-refractivity contribution in [1.82, 2.24) is 4.23 Å². The summed E-state index contributed by atoms with van der Waals surface area (Å²) in [6.07, 6.45) is -10.6. The molecule has 1 radical (unpaired) electrons. The van der Waals surface area contributed by atoms with Crippen LogP contribution in [0.2, 0.25) is 31.7 Å². The van der Waals surface area contributed by atoms with Crippen LogP contribution in [0.5, 0.6) is 0 Å². The van der Waals surface area contributed by atoms with Gasteiger partial charge in [0.2, 0.25) is 0 Å². The molecule has 0 aromatic carbocycles. The van der Waals surface area contributed by atoms with Gasteiger partial charge in [0.05, 0.1) is 0 Å². The molecule has 0 fully saturated rings. The average molecular weight is 324 g/mol. The SMILES string of the molecule is CN([Si](CCC(F)(F)F)CCC(F)(F)F)[Si](C)(C)C. The molecule has 0 aromatic heterocycles. The second-order valence-corrected chi connectivity index (χ2v) is 13.8. The fourth-order valence-electron chi connectivity index (χ4n) is 1.51. The lowest BCUT2D eigenvalue weighted by Gasteiger charge is -2.37. The van der Waals surface area contributed by atoms with Crippen molar-refractivity contribution in [2.45, 2.75) is 56.9 Å². The Balaban J connectivity index is 4.65. The third-order valence-corrected chi connectivity index (χ3v) is 10.5. The summed E-state index contributed by atoms with van der Waals surface area (Å²) in [6, 6.07) is -0.351. The smallest absolute Gasteiger partial charge is 0.349 e. The van der Waals surface area contributed by atoms with Gasteiger partial charge in [-0.3, -0.25) is 0 Å². The minimum atomic E-state index is -4.30. The average Bonchev–Trinajstić information content (AvgIpc) is 2.12. The topological polar surface area (TPSA) is 3.24 Å². The van der Waals surface area contributed by atoms with Gasteiger partial charge >= 0.3 is 12.4 Å². The third kappa shape index (κ3) is 9.50. The van der Waals surface area contributed by atoms with Crippen LogP contribution in [0, 0.1) is 0 Å². The lowest BCUT2D eigenvalue weighted by Crippen LogP contribution is -2.52. The largest absolute Gasteiger partial charge is 0.388 e. The quantitative estimate of drug-likeness (QED) is 0.508.